The summed E-state index contributed by atoms with van der Waals surface area (Å²) in [6.45, 7) is 0. The number of hydrogen-bond acceptors (Lipinski definition) is 4. The van der Waals surface area contributed by atoms with E-state index in [1.165, 1.54) is 36.4 Å². The van der Waals surface area contributed by atoms with Gasteiger partial charge in [0, 0.05) is 11.8 Å². The summed E-state index contributed by atoms with van der Waals surface area (Å²) < 4.78 is 35.8. The molecule has 7 heteroatoms. The van der Waals surface area contributed by atoms with Gasteiger partial charge in [0.1, 0.15) is 5.82 Å². The zero-order chi connectivity index (χ0) is 15.6. The second-order valence-corrected chi connectivity index (χ2v) is 6.50. The predicted molar refractivity (Wildman–Crippen MR) is 78.3 cm³/mol. The van der Waals surface area contributed by atoms with Crippen molar-refractivity contribution in [3.63, 3.8) is 0 Å². The fourth-order valence-corrected chi connectivity index (χ4v) is 2.32. The van der Waals surface area contributed by atoms with E-state index in [1.54, 1.807) is 0 Å². The van der Waals surface area contributed by atoms with E-state index < -0.39 is 21.6 Å². The Morgan fingerprint density at radius 2 is 1.76 bits per heavy atom. The summed E-state index contributed by atoms with van der Waals surface area (Å²) in [6, 6.07) is 9.06. The molecule has 0 aliphatic heterocycles. The van der Waals surface area contributed by atoms with Crippen molar-refractivity contribution in [3.8, 4) is 0 Å². The Hall–Kier alpha value is -2.41. The van der Waals surface area contributed by atoms with Crippen molar-refractivity contribution in [2.24, 2.45) is 0 Å². The molecule has 2 rings (SSSR count). The molecule has 110 valence electrons. The van der Waals surface area contributed by atoms with E-state index in [1.807, 2.05) is 0 Å². The zero-order valence-electron chi connectivity index (χ0n) is 11.1. The molecule has 0 aliphatic rings. The maximum absolute atomic E-state index is 13.1. The van der Waals surface area contributed by atoms with Crippen LogP contribution in [0.2, 0.25) is 0 Å². The van der Waals surface area contributed by atoms with Crippen LogP contribution in [-0.2, 0) is 9.84 Å². The van der Waals surface area contributed by atoms with Crippen molar-refractivity contribution < 1.29 is 17.6 Å². The van der Waals surface area contributed by atoms with E-state index in [0.717, 1.165) is 12.3 Å². The van der Waals surface area contributed by atoms with Gasteiger partial charge in [0.05, 0.1) is 16.3 Å². The summed E-state index contributed by atoms with van der Waals surface area (Å²) in [5.74, 6) is -1.03. The van der Waals surface area contributed by atoms with Crippen LogP contribution in [0.4, 0.5) is 15.8 Å². The van der Waals surface area contributed by atoms with Gasteiger partial charge in [-0.1, -0.05) is 0 Å². The van der Waals surface area contributed by atoms with E-state index in [0.29, 0.717) is 0 Å². The largest absolute Gasteiger partial charge is 0.397 e. The number of halogens is 1. The van der Waals surface area contributed by atoms with E-state index in [2.05, 4.69) is 5.32 Å². The molecule has 0 aliphatic carbocycles. The molecule has 2 aromatic carbocycles. The number of amides is 1. The average molecular weight is 308 g/mol. The third kappa shape index (κ3) is 3.57. The van der Waals surface area contributed by atoms with Gasteiger partial charge in [-0.25, -0.2) is 12.8 Å². The average Bonchev–Trinajstić information content (AvgIpc) is 2.42. The fourth-order valence-electron chi connectivity index (χ4n) is 1.68. The lowest BCUT2D eigenvalue weighted by Crippen LogP contribution is -2.13. The lowest BCUT2D eigenvalue weighted by atomic mass is 10.2. The molecule has 2 aromatic rings. The number of nitrogens with two attached hydrogens (primary N) is 1. The Morgan fingerprint density at radius 1 is 1.14 bits per heavy atom. The van der Waals surface area contributed by atoms with Gasteiger partial charge in [0.15, 0.2) is 9.84 Å². The van der Waals surface area contributed by atoms with Gasteiger partial charge < -0.3 is 11.1 Å². The highest BCUT2D eigenvalue weighted by Gasteiger charge is 2.11. The standard InChI is InChI=1S/C14H13FN2O3S/c1-21(19,20)11-5-2-9(3-6-11)14(18)17-13-8-10(15)4-7-12(13)16/h2-8H,16H2,1H3,(H,17,18). The third-order valence-electron chi connectivity index (χ3n) is 2.81. The molecule has 0 atom stereocenters. The van der Waals surface area contributed by atoms with Crippen molar-refractivity contribution >= 4 is 27.1 Å². The Balaban J connectivity index is 2.23. The van der Waals surface area contributed by atoms with Gasteiger partial charge in [-0.05, 0) is 42.5 Å². The molecular weight excluding hydrogens is 295 g/mol. The summed E-state index contributed by atoms with van der Waals surface area (Å²) >= 11 is 0. The van der Waals surface area contributed by atoms with Crippen LogP contribution in [0.15, 0.2) is 47.4 Å². The van der Waals surface area contributed by atoms with Crippen LogP contribution in [0.3, 0.4) is 0 Å². The van der Waals surface area contributed by atoms with Gasteiger partial charge in [0.25, 0.3) is 5.91 Å². The van der Waals surface area contributed by atoms with Crippen molar-refractivity contribution in [3.05, 3.63) is 53.8 Å². The Morgan fingerprint density at radius 3 is 2.33 bits per heavy atom. The number of carbonyl (C=O) groups excluding carboxylic acids is 1. The number of anilines is 2. The first kappa shape index (κ1) is 15.0. The van der Waals surface area contributed by atoms with Crippen LogP contribution in [0, 0.1) is 5.82 Å². The summed E-state index contributed by atoms with van der Waals surface area (Å²) in [5, 5.41) is 2.47. The second kappa shape index (κ2) is 5.53. The molecule has 0 radical (unpaired) electrons. The van der Waals surface area contributed by atoms with Crippen LogP contribution >= 0.6 is 0 Å². The minimum absolute atomic E-state index is 0.115. The molecule has 0 bridgehead atoms. The van der Waals surface area contributed by atoms with Gasteiger partial charge in [-0.2, -0.15) is 0 Å². The second-order valence-electron chi connectivity index (χ2n) is 4.48. The van der Waals surface area contributed by atoms with Crippen molar-refractivity contribution in [2.75, 3.05) is 17.3 Å². The number of nitrogens with one attached hydrogen (secondary N) is 1. The van der Waals surface area contributed by atoms with Gasteiger partial charge in [0.2, 0.25) is 0 Å². The molecule has 5 nitrogen and oxygen atoms in total. The summed E-state index contributed by atoms with van der Waals surface area (Å²) in [7, 11) is -3.32. The van der Waals surface area contributed by atoms with Crippen LogP contribution in [0.25, 0.3) is 0 Å². The Bertz CT molecular complexity index is 786. The third-order valence-corrected chi connectivity index (χ3v) is 3.94. The summed E-state index contributed by atoms with van der Waals surface area (Å²) in [4.78, 5) is 12.1. The number of sulfone groups is 1. The van der Waals surface area contributed by atoms with Gasteiger partial charge >= 0.3 is 0 Å². The number of benzene rings is 2. The first-order valence-electron chi connectivity index (χ1n) is 5.94. The molecule has 0 saturated carbocycles. The van der Waals surface area contributed by atoms with Crippen LogP contribution in [0.5, 0.6) is 0 Å². The molecule has 0 heterocycles. The lowest BCUT2D eigenvalue weighted by Gasteiger charge is -2.08. The molecule has 0 unspecified atom stereocenters. The molecular formula is C14H13FN2O3S. The topological polar surface area (TPSA) is 89.3 Å². The highest BCUT2D eigenvalue weighted by Crippen LogP contribution is 2.20. The lowest BCUT2D eigenvalue weighted by molar-refractivity contribution is 0.102. The minimum atomic E-state index is -3.32. The molecule has 0 fully saturated rings. The molecule has 0 aromatic heterocycles. The predicted octanol–water partition coefficient (Wildman–Crippen LogP) is 2.06. The first-order valence-corrected chi connectivity index (χ1v) is 7.83. The van der Waals surface area contributed by atoms with Gasteiger partial charge in [-0.15, -0.1) is 0 Å². The maximum atomic E-state index is 13.1. The summed E-state index contributed by atoms with van der Waals surface area (Å²) in [5.41, 5.74) is 6.27. The minimum Gasteiger partial charge on any atom is -0.397 e. The fraction of sp³-hybridized carbons (Fsp3) is 0.0714. The van der Waals surface area contributed by atoms with E-state index in [4.69, 9.17) is 5.73 Å². The van der Waals surface area contributed by atoms with Crippen molar-refractivity contribution in [1.29, 1.82) is 0 Å². The van der Waals surface area contributed by atoms with Crippen molar-refractivity contribution in [1.82, 2.24) is 0 Å². The monoisotopic (exact) mass is 308 g/mol. The zero-order valence-corrected chi connectivity index (χ0v) is 11.9. The van der Waals surface area contributed by atoms with Crippen LogP contribution in [-0.4, -0.2) is 20.6 Å². The highest BCUT2D eigenvalue weighted by molar-refractivity contribution is 7.90. The van der Waals surface area contributed by atoms with Gasteiger partial charge in [-0.3, -0.25) is 4.79 Å². The number of rotatable bonds is 3. The van der Waals surface area contributed by atoms with Crippen LogP contribution in [0.1, 0.15) is 10.4 Å². The van der Waals surface area contributed by atoms with E-state index >= 15 is 0 Å². The molecule has 1 amide bonds. The molecule has 0 saturated heterocycles. The molecule has 3 N–H and O–H groups in total. The van der Waals surface area contributed by atoms with Crippen LogP contribution < -0.4 is 11.1 Å². The number of carbonyl (C=O) groups is 1. The summed E-state index contributed by atoms with van der Waals surface area (Å²) in [6.07, 6.45) is 1.08. The first-order chi connectivity index (χ1) is 9.77. The van der Waals surface area contributed by atoms with Crippen molar-refractivity contribution in [2.45, 2.75) is 4.90 Å². The van der Waals surface area contributed by atoms with E-state index in [-0.39, 0.29) is 21.8 Å². The normalized spacial score (nSPS) is 11.1. The SMILES string of the molecule is CS(=O)(=O)c1ccc(C(=O)Nc2cc(F)ccc2N)cc1. The Kier molecular flexibility index (Phi) is 3.95. The van der Waals surface area contributed by atoms with E-state index in [9.17, 15) is 17.6 Å². The smallest absolute Gasteiger partial charge is 0.255 e. The number of hydrogen-bond donors (Lipinski definition) is 2. The highest BCUT2D eigenvalue weighted by atomic mass is 32.2. The molecule has 0 spiro atoms. The Labute approximate surface area is 121 Å². The molecule has 21 heavy (non-hydrogen) atoms. The quantitative estimate of drug-likeness (QED) is 0.849. The maximum Gasteiger partial charge on any atom is 0.255 e. The number of nitrogen functional groups attached to an aromatic ring is 1.